The average Bonchev–Trinajstić information content (AvgIpc) is 2.65. The Labute approximate surface area is 146 Å². The quantitative estimate of drug-likeness (QED) is 0.672. The summed E-state index contributed by atoms with van der Waals surface area (Å²) in [5.74, 6) is 0.852. The molecule has 2 N–H and O–H groups in total. The molecule has 1 heterocycles. The predicted octanol–water partition coefficient (Wildman–Crippen LogP) is 1.41. The molecule has 0 aliphatic heterocycles. The summed E-state index contributed by atoms with van der Waals surface area (Å²) in [6.07, 6.45) is 3.08. The van der Waals surface area contributed by atoms with E-state index < -0.39 is 0 Å². The average molecular weight is 343 g/mol. The van der Waals surface area contributed by atoms with Crippen LogP contribution in [0.5, 0.6) is 11.5 Å². The van der Waals surface area contributed by atoms with E-state index in [1.807, 2.05) is 6.92 Å². The van der Waals surface area contributed by atoms with Gasteiger partial charge in [-0.2, -0.15) is 0 Å². The van der Waals surface area contributed by atoms with Gasteiger partial charge in [-0.3, -0.25) is 14.6 Å². The highest BCUT2D eigenvalue weighted by Gasteiger charge is 2.05. The van der Waals surface area contributed by atoms with Gasteiger partial charge in [-0.25, -0.2) is 0 Å². The third-order valence-corrected chi connectivity index (χ3v) is 3.16. The van der Waals surface area contributed by atoms with Crippen LogP contribution >= 0.6 is 0 Å². The minimum absolute atomic E-state index is 0.0927. The van der Waals surface area contributed by atoms with E-state index in [1.54, 1.807) is 42.6 Å². The molecular formula is C18H21N3O4. The lowest BCUT2D eigenvalue weighted by Crippen LogP contribution is -2.36. The van der Waals surface area contributed by atoms with Crippen molar-refractivity contribution in [2.24, 2.45) is 0 Å². The van der Waals surface area contributed by atoms with E-state index in [0.29, 0.717) is 31.0 Å². The zero-order valence-electron chi connectivity index (χ0n) is 14.0. The van der Waals surface area contributed by atoms with Gasteiger partial charge in [0.25, 0.3) is 11.8 Å². The first-order chi connectivity index (χ1) is 12.2. The highest BCUT2D eigenvalue weighted by Crippen LogP contribution is 2.17. The first-order valence-corrected chi connectivity index (χ1v) is 7.99. The number of rotatable bonds is 9. The van der Waals surface area contributed by atoms with E-state index in [-0.39, 0.29) is 18.4 Å². The van der Waals surface area contributed by atoms with Gasteiger partial charge in [-0.15, -0.1) is 0 Å². The number of carbonyl (C=O) groups excluding carboxylic acids is 2. The molecular weight excluding hydrogens is 322 g/mol. The monoisotopic (exact) mass is 343 g/mol. The molecule has 132 valence electrons. The standard InChI is InChI=1S/C18H21N3O4/c1-2-24-15-5-7-16(8-6-15)25-13-17(22)20-10-11-21-18(23)14-4-3-9-19-12-14/h3-9,12H,2,10-11,13H2,1H3,(H,20,22)(H,21,23). The fourth-order valence-electron chi connectivity index (χ4n) is 1.98. The van der Waals surface area contributed by atoms with Crippen LogP contribution in [0.3, 0.4) is 0 Å². The van der Waals surface area contributed by atoms with Crippen molar-refractivity contribution in [3.8, 4) is 11.5 Å². The Kier molecular flexibility index (Phi) is 7.24. The second-order valence-electron chi connectivity index (χ2n) is 5.04. The Morgan fingerprint density at radius 1 is 1.00 bits per heavy atom. The molecule has 1 aromatic heterocycles. The molecule has 1 aromatic carbocycles. The van der Waals surface area contributed by atoms with Gasteiger partial charge in [0.05, 0.1) is 12.2 Å². The highest BCUT2D eigenvalue weighted by molar-refractivity contribution is 5.93. The normalized spacial score (nSPS) is 9.96. The summed E-state index contributed by atoms with van der Waals surface area (Å²) >= 11 is 0. The summed E-state index contributed by atoms with van der Waals surface area (Å²) in [5.41, 5.74) is 0.479. The van der Waals surface area contributed by atoms with E-state index in [1.165, 1.54) is 6.20 Å². The predicted molar refractivity (Wildman–Crippen MR) is 92.7 cm³/mol. The number of amides is 2. The van der Waals surface area contributed by atoms with Crippen LogP contribution in [0.25, 0.3) is 0 Å². The summed E-state index contributed by atoms with van der Waals surface area (Å²) in [5, 5.41) is 5.37. The lowest BCUT2D eigenvalue weighted by molar-refractivity contribution is -0.123. The summed E-state index contributed by atoms with van der Waals surface area (Å²) in [6.45, 7) is 3.05. The molecule has 0 atom stereocenters. The van der Waals surface area contributed by atoms with Crippen molar-refractivity contribution in [1.82, 2.24) is 15.6 Å². The van der Waals surface area contributed by atoms with Crippen LogP contribution < -0.4 is 20.1 Å². The molecule has 0 bridgehead atoms. The smallest absolute Gasteiger partial charge is 0.258 e. The SMILES string of the molecule is CCOc1ccc(OCC(=O)NCCNC(=O)c2cccnc2)cc1. The molecule has 0 unspecified atom stereocenters. The summed E-state index contributed by atoms with van der Waals surface area (Å²) in [4.78, 5) is 27.4. The highest BCUT2D eigenvalue weighted by atomic mass is 16.5. The molecule has 2 aromatic rings. The molecule has 7 heteroatoms. The minimum Gasteiger partial charge on any atom is -0.494 e. The maximum atomic E-state index is 11.8. The fourth-order valence-corrected chi connectivity index (χ4v) is 1.98. The third kappa shape index (κ3) is 6.50. The summed E-state index contributed by atoms with van der Waals surface area (Å²) in [6, 6.07) is 10.4. The fraction of sp³-hybridized carbons (Fsp3) is 0.278. The van der Waals surface area contributed by atoms with Crippen molar-refractivity contribution in [1.29, 1.82) is 0 Å². The van der Waals surface area contributed by atoms with Crippen LogP contribution in [-0.4, -0.2) is 43.1 Å². The molecule has 0 saturated carbocycles. The maximum absolute atomic E-state index is 11.8. The van der Waals surface area contributed by atoms with Gasteiger partial charge in [0.1, 0.15) is 11.5 Å². The topological polar surface area (TPSA) is 89.5 Å². The lowest BCUT2D eigenvalue weighted by Gasteiger charge is -2.09. The molecule has 0 radical (unpaired) electrons. The third-order valence-electron chi connectivity index (χ3n) is 3.16. The number of nitrogens with zero attached hydrogens (tertiary/aromatic N) is 1. The Morgan fingerprint density at radius 2 is 1.68 bits per heavy atom. The minimum atomic E-state index is -0.260. The first-order valence-electron chi connectivity index (χ1n) is 7.99. The van der Waals surface area contributed by atoms with Gasteiger partial charge in [-0.1, -0.05) is 0 Å². The summed E-state index contributed by atoms with van der Waals surface area (Å²) in [7, 11) is 0. The van der Waals surface area contributed by atoms with Crippen molar-refractivity contribution in [2.75, 3.05) is 26.3 Å². The Bertz CT molecular complexity index is 674. The second kappa shape index (κ2) is 9.92. The number of benzene rings is 1. The van der Waals surface area contributed by atoms with E-state index in [0.717, 1.165) is 5.75 Å². The molecule has 7 nitrogen and oxygen atoms in total. The lowest BCUT2D eigenvalue weighted by atomic mass is 10.3. The maximum Gasteiger partial charge on any atom is 0.258 e. The number of carbonyl (C=O) groups is 2. The van der Waals surface area contributed by atoms with Gasteiger partial charge in [0, 0.05) is 25.5 Å². The van der Waals surface area contributed by atoms with Crippen molar-refractivity contribution < 1.29 is 19.1 Å². The Balaban J connectivity index is 1.61. The zero-order valence-corrected chi connectivity index (χ0v) is 14.0. The molecule has 0 aliphatic rings. The molecule has 0 aliphatic carbocycles. The van der Waals surface area contributed by atoms with Crippen LogP contribution in [-0.2, 0) is 4.79 Å². The van der Waals surface area contributed by atoms with Crippen LogP contribution in [0.4, 0.5) is 0 Å². The zero-order chi connectivity index (χ0) is 17.9. The van der Waals surface area contributed by atoms with Gasteiger partial charge in [0.15, 0.2) is 6.61 Å². The summed E-state index contributed by atoms with van der Waals surface area (Å²) < 4.78 is 10.7. The van der Waals surface area contributed by atoms with E-state index in [4.69, 9.17) is 9.47 Å². The van der Waals surface area contributed by atoms with Crippen molar-refractivity contribution >= 4 is 11.8 Å². The molecule has 0 spiro atoms. The molecule has 2 rings (SSSR count). The number of hydrogen-bond donors (Lipinski definition) is 2. The van der Waals surface area contributed by atoms with Crippen LogP contribution in [0.1, 0.15) is 17.3 Å². The molecule has 0 saturated heterocycles. The van der Waals surface area contributed by atoms with Crippen LogP contribution in [0, 0.1) is 0 Å². The molecule has 0 fully saturated rings. The van der Waals surface area contributed by atoms with Crippen molar-refractivity contribution in [3.05, 3.63) is 54.4 Å². The van der Waals surface area contributed by atoms with Gasteiger partial charge in [-0.05, 0) is 43.3 Å². The largest absolute Gasteiger partial charge is 0.494 e. The number of pyridine rings is 1. The number of hydrogen-bond acceptors (Lipinski definition) is 5. The van der Waals surface area contributed by atoms with Gasteiger partial charge < -0.3 is 20.1 Å². The number of nitrogens with one attached hydrogen (secondary N) is 2. The Morgan fingerprint density at radius 3 is 2.32 bits per heavy atom. The van der Waals surface area contributed by atoms with Gasteiger partial charge >= 0.3 is 0 Å². The first kappa shape index (κ1) is 18.3. The van der Waals surface area contributed by atoms with Crippen LogP contribution in [0.2, 0.25) is 0 Å². The van der Waals surface area contributed by atoms with Crippen molar-refractivity contribution in [2.45, 2.75) is 6.92 Å². The van der Waals surface area contributed by atoms with E-state index in [9.17, 15) is 9.59 Å². The van der Waals surface area contributed by atoms with Crippen LogP contribution in [0.15, 0.2) is 48.8 Å². The second-order valence-corrected chi connectivity index (χ2v) is 5.04. The van der Waals surface area contributed by atoms with E-state index in [2.05, 4.69) is 15.6 Å². The van der Waals surface area contributed by atoms with Crippen molar-refractivity contribution in [3.63, 3.8) is 0 Å². The van der Waals surface area contributed by atoms with Gasteiger partial charge in [0.2, 0.25) is 0 Å². The number of aromatic nitrogens is 1. The molecule has 25 heavy (non-hydrogen) atoms. The molecule has 2 amide bonds. The van der Waals surface area contributed by atoms with E-state index >= 15 is 0 Å². The number of ether oxygens (including phenoxy) is 2. The Hall–Kier alpha value is -3.09.